The van der Waals surface area contributed by atoms with Gasteiger partial charge in [0.15, 0.2) is 23.3 Å². The molecule has 0 saturated carbocycles. The molecule has 146 valence electrons. The molecule has 0 atom stereocenters. The standard InChI is InChI=1S/C20H16F5N3/c1-4-7-28-11(3)13(12-8-10(2)5-6-14(12)28)9-26-27-20-18(24)16(22)15(21)17(23)19(20)25/h4-6,8-9,27H,1,7H2,2-3H3/b26-9+. The number of allylic oxidation sites excluding steroid dienone is 1. The zero-order valence-electron chi connectivity index (χ0n) is 15.1. The number of anilines is 1. The highest BCUT2D eigenvalue weighted by atomic mass is 19.2. The van der Waals surface area contributed by atoms with Crippen LogP contribution in [-0.4, -0.2) is 10.8 Å². The van der Waals surface area contributed by atoms with Crippen molar-refractivity contribution in [3.05, 3.63) is 76.8 Å². The summed E-state index contributed by atoms with van der Waals surface area (Å²) >= 11 is 0. The van der Waals surface area contributed by atoms with E-state index in [1.54, 1.807) is 6.08 Å². The number of aryl methyl sites for hydroxylation is 1. The minimum Gasteiger partial charge on any atom is -0.340 e. The molecule has 0 unspecified atom stereocenters. The Morgan fingerprint density at radius 1 is 1.00 bits per heavy atom. The molecule has 8 heteroatoms. The molecule has 1 aromatic heterocycles. The molecule has 0 fully saturated rings. The lowest BCUT2D eigenvalue weighted by molar-refractivity contribution is 0.381. The summed E-state index contributed by atoms with van der Waals surface area (Å²) in [5, 5.41) is 4.55. The fourth-order valence-corrected chi connectivity index (χ4v) is 3.01. The van der Waals surface area contributed by atoms with E-state index in [1.165, 1.54) is 6.21 Å². The van der Waals surface area contributed by atoms with Crippen LogP contribution in [0.2, 0.25) is 0 Å². The topological polar surface area (TPSA) is 29.3 Å². The number of aromatic nitrogens is 1. The Balaban J connectivity index is 2.05. The van der Waals surface area contributed by atoms with Crippen LogP contribution in [0.1, 0.15) is 16.8 Å². The molecule has 28 heavy (non-hydrogen) atoms. The Hall–Kier alpha value is -3.16. The highest BCUT2D eigenvalue weighted by molar-refractivity contribution is 6.01. The van der Waals surface area contributed by atoms with Crippen LogP contribution < -0.4 is 5.43 Å². The quantitative estimate of drug-likeness (QED) is 0.150. The van der Waals surface area contributed by atoms with Crippen LogP contribution in [0.3, 0.4) is 0 Å². The van der Waals surface area contributed by atoms with Crippen molar-refractivity contribution in [1.82, 2.24) is 4.57 Å². The second-order valence-corrected chi connectivity index (χ2v) is 6.23. The van der Waals surface area contributed by atoms with Crippen molar-refractivity contribution in [2.24, 2.45) is 5.10 Å². The first kappa shape index (κ1) is 19.6. The molecular formula is C20H16F5N3. The maximum atomic E-state index is 13.7. The molecular weight excluding hydrogens is 377 g/mol. The van der Waals surface area contributed by atoms with E-state index in [0.717, 1.165) is 22.2 Å². The molecule has 0 bridgehead atoms. The van der Waals surface area contributed by atoms with E-state index in [-0.39, 0.29) is 0 Å². The summed E-state index contributed by atoms with van der Waals surface area (Å²) in [5.41, 5.74) is 4.07. The number of nitrogens with one attached hydrogen (secondary N) is 1. The van der Waals surface area contributed by atoms with Crippen LogP contribution in [0.5, 0.6) is 0 Å². The van der Waals surface area contributed by atoms with E-state index < -0.39 is 34.8 Å². The lowest BCUT2D eigenvalue weighted by Gasteiger charge is -2.07. The molecule has 0 aliphatic rings. The van der Waals surface area contributed by atoms with E-state index in [0.29, 0.717) is 12.1 Å². The molecule has 0 aliphatic heterocycles. The Kier molecular flexibility index (Phi) is 5.22. The minimum absolute atomic E-state index is 0.532. The van der Waals surface area contributed by atoms with Crippen LogP contribution in [0, 0.1) is 42.9 Å². The van der Waals surface area contributed by atoms with Gasteiger partial charge >= 0.3 is 0 Å². The molecule has 0 spiro atoms. The van der Waals surface area contributed by atoms with E-state index in [9.17, 15) is 22.0 Å². The smallest absolute Gasteiger partial charge is 0.200 e. The molecule has 0 radical (unpaired) electrons. The van der Waals surface area contributed by atoms with E-state index in [1.807, 2.05) is 42.0 Å². The van der Waals surface area contributed by atoms with Gasteiger partial charge < -0.3 is 4.57 Å². The van der Waals surface area contributed by atoms with E-state index in [4.69, 9.17) is 0 Å². The second-order valence-electron chi connectivity index (χ2n) is 6.23. The highest BCUT2D eigenvalue weighted by Crippen LogP contribution is 2.28. The van der Waals surface area contributed by atoms with Gasteiger partial charge in [-0.1, -0.05) is 17.7 Å². The fraction of sp³-hybridized carbons (Fsp3) is 0.150. The van der Waals surface area contributed by atoms with Gasteiger partial charge in [-0.05, 0) is 26.0 Å². The Morgan fingerprint density at radius 3 is 2.21 bits per heavy atom. The molecule has 3 nitrogen and oxygen atoms in total. The first-order valence-electron chi connectivity index (χ1n) is 8.28. The van der Waals surface area contributed by atoms with Gasteiger partial charge in [0.2, 0.25) is 5.82 Å². The average molecular weight is 393 g/mol. The SMILES string of the molecule is C=CCn1c(C)c(/C=N/Nc2c(F)c(F)c(F)c(F)c2F)c2cc(C)ccc21. The average Bonchev–Trinajstić information content (AvgIpc) is 2.92. The molecule has 3 rings (SSSR count). The van der Waals surface area contributed by atoms with Gasteiger partial charge in [0, 0.05) is 28.7 Å². The van der Waals surface area contributed by atoms with Crippen LogP contribution in [-0.2, 0) is 6.54 Å². The number of hydrogen-bond donors (Lipinski definition) is 1. The Bertz CT molecular complexity index is 1090. The Morgan fingerprint density at radius 2 is 1.61 bits per heavy atom. The number of nitrogens with zero attached hydrogens (tertiary/aromatic N) is 2. The summed E-state index contributed by atoms with van der Waals surface area (Å²) in [7, 11) is 0. The third-order valence-corrected chi connectivity index (χ3v) is 4.42. The van der Waals surface area contributed by atoms with Crippen molar-refractivity contribution < 1.29 is 22.0 Å². The monoisotopic (exact) mass is 393 g/mol. The van der Waals surface area contributed by atoms with Crippen molar-refractivity contribution in [2.75, 3.05) is 5.43 Å². The van der Waals surface area contributed by atoms with Gasteiger partial charge in [0.25, 0.3) is 0 Å². The zero-order valence-corrected chi connectivity index (χ0v) is 15.1. The molecule has 0 amide bonds. The number of hydrogen-bond acceptors (Lipinski definition) is 2. The molecule has 0 aliphatic carbocycles. The van der Waals surface area contributed by atoms with Gasteiger partial charge in [0.1, 0.15) is 5.69 Å². The lowest BCUT2D eigenvalue weighted by atomic mass is 10.1. The molecule has 1 heterocycles. The first-order valence-corrected chi connectivity index (χ1v) is 8.28. The van der Waals surface area contributed by atoms with Gasteiger partial charge in [0.05, 0.1) is 6.21 Å². The normalized spacial score (nSPS) is 11.5. The van der Waals surface area contributed by atoms with Crippen LogP contribution in [0.25, 0.3) is 10.9 Å². The number of benzene rings is 2. The van der Waals surface area contributed by atoms with Gasteiger partial charge in [-0.15, -0.1) is 6.58 Å². The summed E-state index contributed by atoms with van der Waals surface area (Å²) in [4.78, 5) is 0. The van der Waals surface area contributed by atoms with Crippen molar-refractivity contribution in [2.45, 2.75) is 20.4 Å². The molecule has 3 aromatic rings. The van der Waals surface area contributed by atoms with E-state index >= 15 is 0 Å². The van der Waals surface area contributed by atoms with Crippen molar-refractivity contribution in [3.63, 3.8) is 0 Å². The maximum Gasteiger partial charge on any atom is 0.200 e. The zero-order chi connectivity index (χ0) is 20.6. The van der Waals surface area contributed by atoms with Crippen molar-refractivity contribution in [3.8, 4) is 0 Å². The summed E-state index contributed by atoms with van der Waals surface area (Å²) < 4.78 is 69.2. The minimum atomic E-state index is -2.22. The molecule has 1 N–H and O–H groups in total. The van der Waals surface area contributed by atoms with Crippen LogP contribution in [0.15, 0.2) is 36.0 Å². The maximum absolute atomic E-state index is 13.7. The third kappa shape index (κ3) is 3.15. The molecule has 0 saturated heterocycles. The predicted octanol–water partition coefficient (Wildman–Crippen LogP) is 5.59. The number of fused-ring (bicyclic) bond motifs is 1. The fourth-order valence-electron chi connectivity index (χ4n) is 3.01. The highest BCUT2D eigenvalue weighted by Gasteiger charge is 2.25. The largest absolute Gasteiger partial charge is 0.340 e. The first-order chi connectivity index (χ1) is 13.3. The lowest BCUT2D eigenvalue weighted by Crippen LogP contribution is -2.06. The Labute approximate surface area is 157 Å². The van der Waals surface area contributed by atoms with Crippen molar-refractivity contribution in [1.29, 1.82) is 0 Å². The predicted molar refractivity (Wildman–Crippen MR) is 99.1 cm³/mol. The van der Waals surface area contributed by atoms with Gasteiger partial charge in [-0.2, -0.15) is 5.10 Å². The van der Waals surface area contributed by atoms with Crippen LogP contribution in [0.4, 0.5) is 27.6 Å². The molecule has 2 aromatic carbocycles. The number of hydrazone groups is 1. The van der Waals surface area contributed by atoms with Gasteiger partial charge in [-0.25, -0.2) is 22.0 Å². The van der Waals surface area contributed by atoms with Crippen LogP contribution >= 0.6 is 0 Å². The second kappa shape index (κ2) is 7.46. The van der Waals surface area contributed by atoms with E-state index in [2.05, 4.69) is 11.7 Å². The van der Waals surface area contributed by atoms with Gasteiger partial charge in [-0.3, -0.25) is 5.43 Å². The third-order valence-electron chi connectivity index (χ3n) is 4.42. The number of rotatable bonds is 5. The summed E-state index contributed by atoms with van der Waals surface area (Å²) in [6.07, 6.45) is 3.01. The van der Waals surface area contributed by atoms with Crippen molar-refractivity contribution >= 4 is 22.8 Å². The number of halogens is 5. The summed E-state index contributed by atoms with van der Waals surface area (Å²) in [5.74, 6) is -10.2. The summed E-state index contributed by atoms with van der Waals surface area (Å²) in [6.45, 7) is 8.00. The summed E-state index contributed by atoms with van der Waals surface area (Å²) in [6, 6.07) is 5.78.